The van der Waals surface area contributed by atoms with Gasteiger partial charge < -0.3 is 14.6 Å². The molecule has 1 saturated heterocycles. The normalized spacial score (nSPS) is 50.5. The van der Waals surface area contributed by atoms with Gasteiger partial charge in [-0.1, -0.05) is 13.8 Å². The fourth-order valence-corrected chi connectivity index (χ4v) is 9.26. The Morgan fingerprint density at radius 2 is 1.77 bits per heavy atom. The second-order valence-electron chi connectivity index (χ2n) is 11.6. The lowest BCUT2D eigenvalue weighted by molar-refractivity contribution is -0.254. The molecule has 0 radical (unpaired) electrons. The quantitative estimate of drug-likeness (QED) is 0.667. The predicted octanol–water partition coefficient (Wildman–Crippen LogP) is 4.35. The number of ether oxygens (including phenoxy) is 2. The number of hydrogen-bond donors (Lipinski definition) is 1. The zero-order valence-corrected chi connectivity index (χ0v) is 19.0. The Balaban J connectivity index is 1.43. The van der Waals surface area contributed by atoms with E-state index in [-0.39, 0.29) is 41.2 Å². The average molecular weight is 433 g/mol. The molecule has 0 spiro atoms. The Bertz CT molecular complexity index is 808. The molecule has 0 unspecified atom stereocenters. The van der Waals surface area contributed by atoms with E-state index in [1.807, 2.05) is 0 Å². The smallest absolute Gasteiger partial charge is 0.310 e. The van der Waals surface area contributed by atoms with Crippen molar-refractivity contribution in [3.05, 3.63) is 0 Å². The van der Waals surface area contributed by atoms with Crippen molar-refractivity contribution < 1.29 is 29.0 Å². The fraction of sp³-hybridized carbons (Fsp3) is 0.880. The monoisotopic (exact) mass is 432 g/mol. The number of carbonyl (C=O) groups is 3. The molecule has 0 amide bonds. The molecule has 6 heteroatoms. The molecule has 172 valence electrons. The van der Waals surface area contributed by atoms with Gasteiger partial charge in [-0.05, 0) is 81.0 Å². The molecule has 5 rings (SSSR count). The van der Waals surface area contributed by atoms with Crippen molar-refractivity contribution in [2.75, 3.05) is 0 Å². The Hall–Kier alpha value is -1.59. The number of fused-ring (bicyclic) bond motifs is 3. The highest BCUT2D eigenvalue weighted by Crippen LogP contribution is 2.72. The molecule has 1 aliphatic heterocycles. The maximum Gasteiger partial charge on any atom is 0.310 e. The van der Waals surface area contributed by atoms with Crippen LogP contribution < -0.4 is 0 Å². The summed E-state index contributed by atoms with van der Waals surface area (Å²) >= 11 is 0. The van der Waals surface area contributed by atoms with Crippen molar-refractivity contribution in [1.82, 2.24) is 0 Å². The van der Waals surface area contributed by atoms with Gasteiger partial charge in [0.2, 0.25) is 0 Å². The van der Waals surface area contributed by atoms with E-state index in [9.17, 15) is 19.5 Å². The summed E-state index contributed by atoms with van der Waals surface area (Å²) in [6, 6.07) is 0. The molecule has 5 aliphatic rings. The Kier molecular flexibility index (Phi) is 4.77. The van der Waals surface area contributed by atoms with E-state index in [0.29, 0.717) is 17.8 Å². The third-order valence-corrected chi connectivity index (χ3v) is 10.6. The molecule has 0 aromatic carbocycles. The number of esters is 2. The predicted molar refractivity (Wildman–Crippen MR) is 112 cm³/mol. The summed E-state index contributed by atoms with van der Waals surface area (Å²) in [7, 11) is 0. The van der Waals surface area contributed by atoms with Gasteiger partial charge in [0.25, 0.3) is 0 Å². The second kappa shape index (κ2) is 6.95. The first-order valence-electron chi connectivity index (χ1n) is 12.2. The molecule has 4 aliphatic carbocycles. The molecular formula is C25H36O6. The van der Waals surface area contributed by atoms with Crippen LogP contribution in [0.4, 0.5) is 0 Å². The van der Waals surface area contributed by atoms with Gasteiger partial charge >= 0.3 is 17.9 Å². The summed E-state index contributed by atoms with van der Waals surface area (Å²) in [6.45, 7) is 6.22. The van der Waals surface area contributed by atoms with Gasteiger partial charge in [0.05, 0.1) is 12.3 Å². The number of rotatable bonds is 3. The number of hydrogen-bond acceptors (Lipinski definition) is 5. The van der Waals surface area contributed by atoms with Crippen LogP contribution in [0.25, 0.3) is 0 Å². The largest absolute Gasteiger partial charge is 0.481 e. The van der Waals surface area contributed by atoms with Crippen LogP contribution in [0.5, 0.6) is 0 Å². The van der Waals surface area contributed by atoms with Crippen LogP contribution in [-0.4, -0.2) is 34.7 Å². The summed E-state index contributed by atoms with van der Waals surface area (Å²) in [5.74, 6) is -0.319. The molecule has 0 aromatic heterocycles. The summed E-state index contributed by atoms with van der Waals surface area (Å²) in [5.41, 5.74) is -0.341. The van der Waals surface area contributed by atoms with Gasteiger partial charge in [0.15, 0.2) is 0 Å². The van der Waals surface area contributed by atoms with Crippen LogP contribution in [0.1, 0.15) is 85.0 Å². The minimum atomic E-state index is -0.906. The first kappa shape index (κ1) is 21.3. The number of carboxylic acid groups (broad SMARTS) is 1. The Morgan fingerprint density at radius 3 is 2.48 bits per heavy atom. The lowest BCUT2D eigenvalue weighted by Gasteiger charge is -2.66. The van der Waals surface area contributed by atoms with E-state index in [1.54, 1.807) is 0 Å². The average Bonchev–Trinajstić information content (AvgIpc) is 2.89. The van der Waals surface area contributed by atoms with Gasteiger partial charge in [-0.2, -0.15) is 0 Å². The molecular weight excluding hydrogens is 396 g/mol. The number of carboxylic acids is 1. The molecule has 6 nitrogen and oxygen atoms in total. The van der Waals surface area contributed by atoms with Crippen molar-refractivity contribution in [1.29, 1.82) is 0 Å². The van der Waals surface area contributed by atoms with Crippen LogP contribution in [0, 0.1) is 40.4 Å². The van der Waals surface area contributed by atoms with E-state index >= 15 is 0 Å². The van der Waals surface area contributed by atoms with Gasteiger partial charge in [0, 0.05) is 18.3 Å². The molecule has 9 atom stereocenters. The van der Waals surface area contributed by atoms with Crippen molar-refractivity contribution in [2.45, 2.75) is 96.7 Å². The van der Waals surface area contributed by atoms with Crippen molar-refractivity contribution in [2.24, 2.45) is 40.4 Å². The van der Waals surface area contributed by atoms with Gasteiger partial charge in [0.1, 0.15) is 11.7 Å². The first-order valence-corrected chi connectivity index (χ1v) is 12.2. The Morgan fingerprint density at radius 1 is 1.03 bits per heavy atom. The van der Waals surface area contributed by atoms with E-state index in [4.69, 9.17) is 9.47 Å². The molecule has 31 heavy (non-hydrogen) atoms. The van der Waals surface area contributed by atoms with Crippen molar-refractivity contribution in [3.63, 3.8) is 0 Å². The minimum absolute atomic E-state index is 0.0410. The lowest BCUT2D eigenvalue weighted by Crippen LogP contribution is -2.66. The van der Waals surface area contributed by atoms with Gasteiger partial charge in [-0.15, -0.1) is 0 Å². The maximum absolute atomic E-state index is 13.0. The number of aliphatic carboxylic acids is 1. The number of carbonyl (C=O) groups excluding carboxylic acids is 2. The van der Waals surface area contributed by atoms with E-state index in [1.165, 1.54) is 6.92 Å². The van der Waals surface area contributed by atoms with Gasteiger partial charge in [-0.3, -0.25) is 14.4 Å². The molecule has 0 aromatic rings. The minimum Gasteiger partial charge on any atom is -0.481 e. The third kappa shape index (κ3) is 2.85. The van der Waals surface area contributed by atoms with Crippen LogP contribution in [0.2, 0.25) is 0 Å². The highest BCUT2D eigenvalue weighted by molar-refractivity contribution is 5.81. The molecule has 1 N–H and O–H groups in total. The highest BCUT2D eigenvalue weighted by atomic mass is 16.6. The zero-order valence-electron chi connectivity index (χ0n) is 19.0. The van der Waals surface area contributed by atoms with E-state index < -0.39 is 17.5 Å². The summed E-state index contributed by atoms with van der Waals surface area (Å²) in [5, 5.41) is 9.38. The topological polar surface area (TPSA) is 89.9 Å². The first-order chi connectivity index (χ1) is 14.6. The molecule has 5 fully saturated rings. The van der Waals surface area contributed by atoms with Crippen LogP contribution in [0.3, 0.4) is 0 Å². The van der Waals surface area contributed by atoms with E-state index in [2.05, 4.69) is 13.8 Å². The highest BCUT2D eigenvalue weighted by Gasteiger charge is 2.73. The van der Waals surface area contributed by atoms with Crippen molar-refractivity contribution in [3.8, 4) is 0 Å². The lowest BCUT2D eigenvalue weighted by atomic mass is 9.42. The van der Waals surface area contributed by atoms with E-state index in [0.717, 1.165) is 57.8 Å². The third-order valence-electron chi connectivity index (χ3n) is 10.6. The summed E-state index contributed by atoms with van der Waals surface area (Å²) in [6.07, 6.45) is 8.93. The second-order valence-corrected chi connectivity index (χ2v) is 11.6. The standard InChI is InChI=1S/C25H36O6/c1-14(26)30-16-6-9-23(2)15(12-16)4-5-20-19(23)7-10-24(3)18-8-11-25(20,24)31-22(29)17(18)13-21(27)28/h15-20H,4-13H2,1-3H3,(H,27,28)/t15-,16+,17-,18+,19-,20+,23-,24+,25+/m0/s1. The fourth-order valence-electron chi connectivity index (χ4n) is 9.26. The van der Waals surface area contributed by atoms with Crippen molar-refractivity contribution >= 4 is 17.9 Å². The SMILES string of the molecule is CC(=O)O[C@@H]1CC[C@@]2(C)[C@@H](CC[C@@H]3[C@@H]2CC[C@]2(C)[C@@H]4CC[C@@]32OC(=O)[C@H]4CC(=O)O)C1. The van der Waals surface area contributed by atoms with Crippen LogP contribution in [0.15, 0.2) is 0 Å². The zero-order chi connectivity index (χ0) is 22.2. The van der Waals surface area contributed by atoms with Crippen LogP contribution in [-0.2, 0) is 23.9 Å². The molecule has 4 saturated carbocycles. The molecule has 1 heterocycles. The van der Waals surface area contributed by atoms with Crippen LogP contribution >= 0.6 is 0 Å². The summed E-state index contributed by atoms with van der Waals surface area (Å²) < 4.78 is 12.0. The summed E-state index contributed by atoms with van der Waals surface area (Å²) in [4.78, 5) is 35.9. The Labute approximate surface area is 184 Å². The maximum atomic E-state index is 13.0. The van der Waals surface area contributed by atoms with Gasteiger partial charge in [-0.25, -0.2) is 0 Å². The molecule has 2 bridgehead atoms.